The van der Waals surface area contributed by atoms with E-state index in [4.69, 9.17) is 5.73 Å². The molecule has 1 aromatic rings. The van der Waals surface area contributed by atoms with Crippen molar-refractivity contribution >= 4 is 5.91 Å². The molecular weight excluding hydrogens is 281 g/mol. The lowest BCUT2D eigenvalue weighted by atomic mass is 10.1. The van der Waals surface area contributed by atoms with Crippen molar-refractivity contribution in [1.29, 1.82) is 0 Å². The second-order valence-corrected chi connectivity index (χ2v) is 4.92. The third-order valence-electron chi connectivity index (χ3n) is 3.43. The SMILES string of the molecule is CCC(CC)N(CC(F)(F)F)C(=O)c1ccc(CN)cc1. The van der Waals surface area contributed by atoms with E-state index in [2.05, 4.69) is 0 Å². The number of carbonyl (C=O) groups is 1. The second-order valence-electron chi connectivity index (χ2n) is 4.92. The topological polar surface area (TPSA) is 46.3 Å². The predicted molar refractivity (Wildman–Crippen MR) is 75.8 cm³/mol. The lowest BCUT2D eigenvalue weighted by Gasteiger charge is -2.31. The average Bonchev–Trinajstić information content (AvgIpc) is 2.45. The maximum absolute atomic E-state index is 12.7. The van der Waals surface area contributed by atoms with Crippen LogP contribution in [0.4, 0.5) is 13.2 Å². The molecule has 0 saturated heterocycles. The highest BCUT2D eigenvalue weighted by Crippen LogP contribution is 2.22. The van der Waals surface area contributed by atoms with Crippen LogP contribution >= 0.6 is 0 Å². The summed E-state index contributed by atoms with van der Waals surface area (Å²) in [5.41, 5.74) is 6.55. The molecule has 0 aliphatic carbocycles. The molecule has 0 spiro atoms. The summed E-state index contributed by atoms with van der Waals surface area (Å²) in [4.78, 5) is 13.3. The van der Waals surface area contributed by atoms with Crippen LogP contribution in [-0.2, 0) is 6.54 Å². The van der Waals surface area contributed by atoms with Crippen LogP contribution in [0.25, 0.3) is 0 Å². The van der Waals surface area contributed by atoms with E-state index >= 15 is 0 Å². The van der Waals surface area contributed by atoms with Crippen LogP contribution in [0.3, 0.4) is 0 Å². The first-order chi connectivity index (χ1) is 9.82. The maximum atomic E-state index is 12.7. The fraction of sp³-hybridized carbons (Fsp3) is 0.533. The molecule has 0 atom stereocenters. The van der Waals surface area contributed by atoms with Crippen LogP contribution in [0, 0.1) is 0 Å². The van der Waals surface area contributed by atoms with Gasteiger partial charge in [-0.2, -0.15) is 13.2 Å². The van der Waals surface area contributed by atoms with Crippen LogP contribution in [-0.4, -0.2) is 29.6 Å². The fourth-order valence-electron chi connectivity index (χ4n) is 2.24. The van der Waals surface area contributed by atoms with Gasteiger partial charge in [0.1, 0.15) is 6.54 Å². The normalized spacial score (nSPS) is 11.8. The molecule has 21 heavy (non-hydrogen) atoms. The minimum atomic E-state index is -4.41. The van der Waals surface area contributed by atoms with Gasteiger partial charge in [-0.1, -0.05) is 26.0 Å². The Morgan fingerprint density at radius 2 is 1.71 bits per heavy atom. The molecule has 0 aliphatic heterocycles. The van der Waals surface area contributed by atoms with Gasteiger partial charge in [0.05, 0.1) is 0 Å². The van der Waals surface area contributed by atoms with Gasteiger partial charge in [-0.3, -0.25) is 4.79 Å². The number of hydrogen-bond donors (Lipinski definition) is 1. The van der Waals surface area contributed by atoms with E-state index < -0.39 is 24.7 Å². The standard InChI is InChI=1S/C15H21F3N2O/c1-3-13(4-2)20(10-15(16,17)18)14(21)12-7-5-11(9-19)6-8-12/h5-8,13H,3-4,9-10,19H2,1-2H3. The molecule has 1 aromatic carbocycles. The Kier molecular flexibility index (Phi) is 6.20. The molecule has 1 amide bonds. The Labute approximate surface area is 122 Å². The first-order valence-corrected chi connectivity index (χ1v) is 6.99. The molecule has 0 fully saturated rings. The van der Waals surface area contributed by atoms with Crippen LogP contribution in [0.15, 0.2) is 24.3 Å². The Hall–Kier alpha value is -1.56. The highest BCUT2D eigenvalue weighted by atomic mass is 19.4. The minimum absolute atomic E-state index is 0.253. The molecule has 118 valence electrons. The summed E-state index contributed by atoms with van der Waals surface area (Å²) < 4.78 is 38.2. The summed E-state index contributed by atoms with van der Waals surface area (Å²) in [6, 6.07) is 5.94. The van der Waals surface area contributed by atoms with Gasteiger partial charge in [0.15, 0.2) is 0 Å². The summed E-state index contributed by atoms with van der Waals surface area (Å²) >= 11 is 0. The van der Waals surface area contributed by atoms with Crippen LogP contribution in [0.5, 0.6) is 0 Å². The number of nitrogens with zero attached hydrogens (tertiary/aromatic N) is 1. The largest absolute Gasteiger partial charge is 0.406 e. The van der Waals surface area contributed by atoms with Gasteiger partial charge >= 0.3 is 6.18 Å². The van der Waals surface area contributed by atoms with Crippen molar-refractivity contribution in [3.63, 3.8) is 0 Å². The fourth-order valence-corrected chi connectivity index (χ4v) is 2.24. The molecule has 0 heterocycles. The lowest BCUT2D eigenvalue weighted by molar-refractivity contribution is -0.144. The monoisotopic (exact) mass is 302 g/mol. The number of hydrogen-bond acceptors (Lipinski definition) is 2. The van der Waals surface area contributed by atoms with Crippen molar-refractivity contribution in [2.75, 3.05) is 6.54 Å². The van der Waals surface area contributed by atoms with E-state index in [1.807, 2.05) is 0 Å². The Bertz CT molecular complexity index is 453. The molecule has 0 aliphatic rings. The number of amides is 1. The lowest BCUT2D eigenvalue weighted by Crippen LogP contribution is -2.45. The molecule has 1 rings (SSSR count). The van der Waals surface area contributed by atoms with Gasteiger partial charge in [0.25, 0.3) is 5.91 Å². The highest BCUT2D eigenvalue weighted by Gasteiger charge is 2.35. The molecule has 2 N–H and O–H groups in total. The van der Waals surface area contributed by atoms with Crippen LogP contribution < -0.4 is 5.73 Å². The quantitative estimate of drug-likeness (QED) is 0.876. The van der Waals surface area contributed by atoms with Crippen LogP contribution in [0.1, 0.15) is 42.6 Å². The maximum Gasteiger partial charge on any atom is 0.406 e. The number of halogens is 3. The van der Waals surface area contributed by atoms with E-state index in [1.54, 1.807) is 26.0 Å². The summed E-state index contributed by atoms with van der Waals surface area (Å²) in [7, 11) is 0. The molecule has 0 radical (unpaired) electrons. The van der Waals surface area contributed by atoms with Crippen molar-refractivity contribution in [3.8, 4) is 0 Å². The molecule has 3 nitrogen and oxygen atoms in total. The van der Waals surface area contributed by atoms with Crippen molar-refractivity contribution in [3.05, 3.63) is 35.4 Å². The van der Waals surface area contributed by atoms with Gasteiger partial charge in [0, 0.05) is 18.2 Å². The zero-order chi connectivity index (χ0) is 16.0. The van der Waals surface area contributed by atoms with Crippen molar-refractivity contribution in [2.45, 2.75) is 45.5 Å². The summed E-state index contributed by atoms with van der Waals surface area (Å²) in [6.45, 7) is 2.66. The van der Waals surface area contributed by atoms with Crippen molar-refractivity contribution in [2.24, 2.45) is 5.73 Å². The first-order valence-electron chi connectivity index (χ1n) is 6.99. The Morgan fingerprint density at radius 3 is 2.10 bits per heavy atom. The van der Waals surface area contributed by atoms with Gasteiger partial charge in [-0.25, -0.2) is 0 Å². The van der Waals surface area contributed by atoms with E-state index in [0.717, 1.165) is 10.5 Å². The summed E-state index contributed by atoms with van der Waals surface area (Å²) in [6.07, 6.45) is -3.44. The van der Waals surface area contributed by atoms with E-state index in [1.165, 1.54) is 12.1 Å². The van der Waals surface area contributed by atoms with E-state index in [-0.39, 0.29) is 5.56 Å². The Balaban J connectivity index is 3.02. The van der Waals surface area contributed by atoms with Crippen molar-refractivity contribution < 1.29 is 18.0 Å². The molecular formula is C15H21F3N2O. The zero-order valence-electron chi connectivity index (χ0n) is 12.3. The molecule has 0 bridgehead atoms. The van der Waals surface area contributed by atoms with Gasteiger partial charge in [-0.05, 0) is 30.5 Å². The second kappa shape index (κ2) is 7.45. The Morgan fingerprint density at radius 1 is 1.19 bits per heavy atom. The molecule has 0 saturated carbocycles. The van der Waals surface area contributed by atoms with E-state index in [0.29, 0.717) is 19.4 Å². The van der Waals surface area contributed by atoms with Gasteiger partial charge in [0.2, 0.25) is 0 Å². The number of carbonyl (C=O) groups excluding carboxylic acids is 1. The molecule has 0 unspecified atom stereocenters. The molecule has 0 aromatic heterocycles. The van der Waals surface area contributed by atoms with Crippen LogP contribution in [0.2, 0.25) is 0 Å². The summed E-state index contributed by atoms with van der Waals surface area (Å²) in [5, 5.41) is 0. The average molecular weight is 302 g/mol. The number of nitrogens with two attached hydrogens (primary N) is 1. The number of alkyl halides is 3. The highest BCUT2D eigenvalue weighted by molar-refractivity contribution is 5.94. The smallest absolute Gasteiger partial charge is 0.327 e. The van der Waals surface area contributed by atoms with E-state index in [9.17, 15) is 18.0 Å². The van der Waals surface area contributed by atoms with Crippen molar-refractivity contribution in [1.82, 2.24) is 4.90 Å². The third kappa shape index (κ3) is 5.04. The number of benzene rings is 1. The third-order valence-corrected chi connectivity index (χ3v) is 3.43. The minimum Gasteiger partial charge on any atom is -0.327 e. The van der Waals surface area contributed by atoms with Gasteiger partial charge in [-0.15, -0.1) is 0 Å². The first kappa shape index (κ1) is 17.5. The summed E-state index contributed by atoms with van der Waals surface area (Å²) in [5.74, 6) is -0.593. The molecule has 6 heteroatoms. The zero-order valence-corrected chi connectivity index (χ0v) is 12.3. The van der Waals surface area contributed by atoms with Gasteiger partial charge < -0.3 is 10.6 Å². The predicted octanol–water partition coefficient (Wildman–Crippen LogP) is 3.34. The number of rotatable bonds is 6.